The molecule has 0 atom stereocenters. The molecule has 0 saturated carbocycles. The number of nitrogens with one attached hydrogen (secondary N) is 1. The number of halogens is 1. The molecule has 5 aromatic rings. The molecule has 0 saturated heterocycles. The average molecular weight is 444 g/mol. The first-order valence-corrected chi connectivity index (χ1v) is 11.6. The fraction of sp³-hybridized carbons (Fsp3) is 0.115. The highest BCUT2D eigenvalue weighted by atomic mass is 35.5. The van der Waals surface area contributed by atoms with Crippen molar-refractivity contribution in [3.8, 4) is 11.3 Å². The second kappa shape index (κ2) is 8.96. The number of H-pyrrole nitrogens is 1. The normalized spacial score (nSPS) is 12.0. The summed E-state index contributed by atoms with van der Waals surface area (Å²) in [7, 11) is 0. The maximum Gasteiger partial charge on any atom is 0.185 e. The van der Waals surface area contributed by atoms with Gasteiger partial charge in [-0.2, -0.15) is 0 Å². The molecular weight excluding hydrogens is 422 g/mol. The van der Waals surface area contributed by atoms with Crippen molar-refractivity contribution in [1.82, 2.24) is 9.55 Å². The summed E-state index contributed by atoms with van der Waals surface area (Å²) in [4.78, 5) is 9.37. The highest BCUT2D eigenvalue weighted by Gasteiger charge is 2.10. The molecule has 0 fully saturated rings. The summed E-state index contributed by atoms with van der Waals surface area (Å²) in [5.41, 5.74) is 6.05. The molecule has 1 N–H and O–H groups in total. The Kier molecular flexibility index (Phi) is 5.74. The Morgan fingerprint density at radius 3 is 2.52 bits per heavy atom. The van der Waals surface area contributed by atoms with E-state index < -0.39 is 0 Å². The van der Waals surface area contributed by atoms with Gasteiger partial charge >= 0.3 is 0 Å². The van der Waals surface area contributed by atoms with Gasteiger partial charge in [-0.05, 0) is 41.3 Å². The number of rotatable bonds is 6. The van der Waals surface area contributed by atoms with Crippen LogP contribution in [-0.2, 0) is 19.5 Å². The summed E-state index contributed by atoms with van der Waals surface area (Å²) in [5, 5.41) is 4.23. The van der Waals surface area contributed by atoms with E-state index in [2.05, 4.69) is 81.8 Å². The number of aromatic nitrogens is 2. The molecule has 0 spiro atoms. The molecular formula is C26H22ClN3S. The Labute approximate surface area is 190 Å². The van der Waals surface area contributed by atoms with Crippen molar-refractivity contribution >= 4 is 33.8 Å². The Morgan fingerprint density at radius 2 is 1.68 bits per heavy atom. The Morgan fingerprint density at radius 1 is 0.903 bits per heavy atom. The van der Waals surface area contributed by atoms with Gasteiger partial charge in [-0.15, -0.1) is 11.3 Å². The monoisotopic (exact) mass is 443 g/mol. The van der Waals surface area contributed by atoms with E-state index in [1.807, 2.05) is 18.2 Å². The summed E-state index contributed by atoms with van der Waals surface area (Å²) in [5.74, 6) is 0. The van der Waals surface area contributed by atoms with E-state index >= 15 is 0 Å². The van der Waals surface area contributed by atoms with Gasteiger partial charge in [0.05, 0.1) is 12.2 Å². The third kappa shape index (κ3) is 4.36. The summed E-state index contributed by atoms with van der Waals surface area (Å²) in [6.45, 7) is 1.53. The molecule has 0 aliphatic carbocycles. The second-order valence-electron chi connectivity index (χ2n) is 7.47. The van der Waals surface area contributed by atoms with Crippen LogP contribution < -0.4 is 4.80 Å². The van der Waals surface area contributed by atoms with E-state index in [9.17, 15) is 0 Å². The van der Waals surface area contributed by atoms with Crippen LogP contribution in [0.5, 0.6) is 0 Å². The predicted molar refractivity (Wildman–Crippen MR) is 130 cm³/mol. The van der Waals surface area contributed by atoms with Crippen LogP contribution in [0.2, 0.25) is 5.02 Å². The summed E-state index contributed by atoms with van der Waals surface area (Å²) in [6.07, 6.45) is 3.06. The lowest BCUT2D eigenvalue weighted by atomic mass is 10.1. The van der Waals surface area contributed by atoms with Crippen LogP contribution in [0.3, 0.4) is 0 Å². The molecule has 0 aliphatic heterocycles. The van der Waals surface area contributed by atoms with Gasteiger partial charge in [0.25, 0.3) is 0 Å². The first-order valence-electron chi connectivity index (χ1n) is 10.3. The minimum atomic E-state index is 0.675. The highest BCUT2D eigenvalue weighted by molar-refractivity contribution is 7.07. The third-order valence-electron chi connectivity index (χ3n) is 5.46. The van der Waals surface area contributed by atoms with Crippen LogP contribution in [-0.4, -0.2) is 9.55 Å². The molecule has 5 heteroatoms. The largest absolute Gasteiger partial charge is 0.361 e. The maximum atomic E-state index is 6.12. The molecule has 3 nitrogen and oxygen atoms in total. The number of nitrogens with zero attached hydrogens (tertiary/aromatic N) is 2. The van der Waals surface area contributed by atoms with Gasteiger partial charge in [-0.25, -0.2) is 0 Å². The molecule has 0 bridgehead atoms. The molecule has 0 radical (unpaired) electrons. The minimum Gasteiger partial charge on any atom is -0.361 e. The van der Waals surface area contributed by atoms with Gasteiger partial charge < -0.3 is 9.55 Å². The fourth-order valence-electron chi connectivity index (χ4n) is 3.84. The molecule has 5 rings (SSSR count). The first-order chi connectivity index (χ1) is 15.3. The van der Waals surface area contributed by atoms with Crippen LogP contribution in [0.4, 0.5) is 0 Å². The smallest absolute Gasteiger partial charge is 0.185 e. The molecule has 0 aliphatic rings. The van der Waals surface area contributed by atoms with E-state index in [0.29, 0.717) is 6.54 Å². The zero-order chi connectivity index (χ0) is 21.0. The first kappa shape index (κ1) is 19.9. The predicted octanol–water partition coefficient (Wildman–Crippen LogP) is 6.69. The Balaban J connectivity index is 1.50. The van der Waals surface area contributed by atoms with E-state index in [1.165, 1.54) is 27.7 Å². The maximum absolute atomic E-state index is 6.12. The van der Waals surface area contributed by atoms with Crippen molar-refractivity contribution in [2.75, 3.05) is 0 Å². The highest BCUT2D eigenvalue weighted by Crippen LogP contribution is 2.24. The van der Waals surface area contributed by atoms with Gasteiger partial charge in [0.1, 0.15) is 0 Å². The summed E-state index contributed by atoms with van der Waals surface area (Å²) >= 11 is 7.81. The van der Waals surface area contributed by atoms with E-state index in [4.69, 9.17) is 16.6 Å². The number of aromatic amines is 1. The third-order valence-corrected chi connectivity index (χ3v) is 6.61. The van der Waals surface area contributed by atoms with Crippen molar-refractivity contribution < 1.29 is 0 Å². The van der Waals surface area contributed by atoms with Gasteiger partial charge in [0.2, 0.25) is 0 Å². The zero-order valence-corrected chi connectivity index (χ0v) is 18.5. The average Bonchev–Trinajstić information content (AvgIpc) is 3.41. The number of hydrogen-bond acceptors (Lipinski definition) is 2. The molecule has 0 amide bonds. The minimum absolute atomic E-state index is 0.675. The number of aryl methyl sites for hydroxylation is 1. The van der Waals surface area contributed by atoms with Crippen molar-refractivity contribution in [1.29, 1.82) is 0 Å². The SMILES string of the molecule is Clc1ccc(-c2csc(=NCc3ccccc3)n2CCc2c[nH]c3ccccc23)cc1. The standard InChI is InChI=1S/C26H22ClN3S/c27-22-12-10-20(11-13-22)25-18-31-26(29-16-19-6-2-1-3-7-19)30(25)15-14-21-17-28-24-9-5-4-8-23(21)24/h1-13,17-18,28H,14-16H2. The number of fused-ring (bicyclic) bond motifs is 1. The Bertz CT molecular complexity index is 1360. The summed E-state index contributed by atoms with van der Waals surface area (Å²) < 4.78 is 2.33. The van der Waals surface area contributed by atoms with Gasteiger partial charge in [0.15, 0.2) is 4.80 Å². The number of hydrogen-bond donors (Lipinski definition) is 1. The second-order valence-corrected chi connectivity index (χ2v) is 8.75. The molecule has 3 aromatic carbocycles. The number of thiazole rings is 1. The van der Waals surface area contributed by atoms with Gasteiger partial charge in [0, 0.05) is 34.0 Å². The quantitative estimate of drug-likeness (QED) is 0.303. The van der Waals surface area contributed by atoms with Crippen molar-refractivity contribution in [3.05, 3.63) is 111 Å². The van der Waals surface area contributed by atoms with Crippen molar-refractivity contribution in [2.45, 2.75) is 19.5 Å². The van der Waals surface area contributed by atoms with Crippen LogP contribution in [0, 0.1) is 0 Å². The van der Waals surface area contributed by atoms with Crippen LogP contribution in [0.25, 0.3) is 22.2 Å². The van der Waals surface area contributed by atoms with Crippen LogP contribution in [0.1, 0.15) is 11.1 Å². The van der Waals surface area contributed by atoms with Crippen molar-refractivity contribution in [2.24, 2.45) is 4.99 Å². The van der Waals surface area contributed by atoms with E-state index in [0.717, 1.165) is 28.4 Å². The number of benzene rings is 3. The van der Waals surface area contributed by atoms with Crippen LogP contribution in [0.15, 0.2) is 95.4 Å². The van der Waals surface area contributed by atoms with Gasteiger partial charge in [-0.3, -0.25) is 4.99 Å². The van der Waals surface area contributed by atoms with Crippen LogP contribution >= 0.6 is 22.9 Å². The molecule has 0 unspecified atom stereocenters. The Hall–Kier alpha value is -3.08. The van der Waals surface area contributed by atoms with E-state index in [-0.39, 0.29) is 0 Å². The molecule has 31 heavy (non-hydrogen) atoms. The van der Waals surface area contributed by atoms with Gasteiger partial charge in [-0.1, -0.05) is 72.3 Å². The lowest BCUT2D eigenvalue weighted by Crippen LogP contribution is -2.18. The number of para-hydroxylation sites is 1. The molecule has 154 valence electrons. The molecule has 2 aromatic heterocycles. The lowest BCUT2D eigenvalue weighted by molar-refractivity contribution is 0.677. The topological polar surface area (TPSA) is 33.1 Å². The molecule has 2 heterocycles. The summed E-state index contributed by atoms with van der Waals surface area (Å²) in [6, 6.07) is 26.9. The fourth-order valence-corrected chi connectivity index (χ4v) is 4.90. The lowest BCUT2D eigenvalue weighted by Gasteiger charge is -2.09. The zero-order valence-electron chi connectivity index (χ0n) is 17.0. The van der Waals surface area contributed by atoms with Crippen molar-refractivity contribution in [3.63, 3.8) is 0 Å². The van der Waals surface area contributed by atoms with E-state index in [1.54, 1.807) is 11.3 Å².